The molecule has 1 aliphatic heterocycles. The summed E-state index contributed by atoms with van der Waals surface area (Å²) in [6, 6.07) is 0. The highest BCUT2D eigenvalue weighted by atomic mass is 16.5. The average Bonchev–Trinajstić information content (AvgIpc) is 2.20. The Morgan fingerprint density at radius 2 is 1.69 bits per heavy atom. The van der Waals surface area contributed by atoms with Gasteiger partial charge in [-0.15, -0.1) is 0 Å². The minimum absolute atomic E-state index is 0.125. The van der Waals surface area contributed by atoms with E-state index in [1.54, 1.807) is 0 Å². The van der Waals surface area contributed by atoms with Gasteiger partial charge in [0.05, 0.1) is 26.4 Å². The smallest absolute Gasteiger partial charge is 0.0662 e. The van der Waals surface area contributed by atoms with Crippen molar-refractivity contribution in [1.82, 2.24) is 4.90 Å². The number of nitrogens with two attached hydrogens (primary N) is 1. The lowest BCUT2D eigenvalue weighted by atomic mass is 10.4. The van der Waals surface area contributed by atoms with Crippen molar-refractivity contribution in [2.24, 2.45) is 5.73 Å². The first kappa shape index (κ1) is 12.8. The minimum atomic E-state index is -0.125. The molecule has 0 radical (unpaired) electrons. The maximum atomic E-state index is 7.62. The molecule has 0 aromatic heterocycles. The number of aliphatic hydroxyl groups excluding tert-OH is 2. The summed E-state index contributed by atoms with van der Waals surface area (Å²) in [4.78, 5) is 2.32. The molecule has 0 aliphatic carbocycles. The molecule has 0 bridgehead atoms. The zero-order chi connectivity index (χ0) is 9.94. The Balaban J connectivity index is 0.000000310. The monoisotopic (exact) mass is 192 g/mol. The number of hydrogen-bond acceptors (Lipinski definition) is 5. The number of morpholine rings is 1. The third-order valence-electron chi connectivity index (χ3n) is 1.65. The van der Waals surface area contributed by atoms with Crippen LogP contribution in [0.3, 0.4) is 0 Å². The lowest BCUT2D eigenvalue weighted by Crippen LogP contribution is -2.39. The van der Waals surface area contributed by atoms with E-state index in [2.05, 4.69) is 4.90 Å². The largest absolute Gasteiger partial charge is 0.394 e. The zero-order valence-electron chi connectivity index (χ0n) is 7.98. The maximum Gasteiger partial charge on any atom is 0.0662 e. The van der Waals surface area contributed by atoms with Gasteiger partial charge < -0.3 is 20.7 Å². The Bertz CT molecular complexity index is 92.6. The topological polar surface area (TPSA) is 79.0 Å². The van der Waals surface area contributed by atoms with E-state index in [0.29, 0.717) is 0 Å². The van der Waals surface area contributed by atoms with Crippen molar-refractivity contribution in [3.63, 3.8) is 0 Å². The Morgan fingerprint density at radius 3 is 2.08 bits per heavy atom. The Morgan fingerprint density at radius 1 is 1.15 bits per heavy atom. The molecule has 4 N–H and O–H groups in total. The molecule has 0 saturated carbocycles. The molecule has 5 heteroatoms. The zero-order valence-corrected chi connectivity index (χ0v) is 7.98. The molecule has 0 spiro atoms. The molecule has 1 rings (SSSR count). The second-order valence-corrected chi connectivity index (χ2v) is 2.69. The highest BCUT2D eigenvalue weighted by Gasteiger charge is 2.07. The van der Waals surface area contributed by atoms with E-state index in [1.165, 1.54) is 0 Å². The van der Waals surface area contributed by atoms with Gasteiger partial charge in [-0.25, -0.2) is 0 Å². The molecule has 0 aromatic carbocycles. The average molecular weight is 192 g/mol. The maximum absolute atomic E-state index is 7.62. The van der Waals surface area contributed by atoms with Crippen molar-refractivity contribution in [2.75, 3.05) is 52.6 Å². The summed E-state index contributed by atoms with van der Waals surface area (Å²) < 4.78 is 5.16. The van der Waals surface area contributed by atoms with Gasteiger partial charge in [0.15, 0.2) is 0 Å². The van der Waals surface area contributed by atoms with Crippen LogP contribution in [0.2, 0.25) is 0 Å². The quantitative estimate of drug-likeness (QED) is 0.494. The van der Waals surface area contributed by atoms with Crippen LogP contribution < -0.4 is 5.73 Å². The van der Waals surface area contributed by atoms with Gasteiger partial charge in [-0.3, -0.25) is 4.90 Å². The Labute approximate surface area is 79.1 Å². The lowest BCUT2D eigenvalue weighted by Gasteiger charge is -2.25. The standard InChI is InChI=1S/C6H14N2O.C2H6O2/c7-1-2-8-3-5-9-6-4-8;3-1-2-4/h1-7H2;3-4H,1-2H2. The van der Waals surface area contributed by atoms with E-state index in [9.17, 15) is 0 Å². The highest BCUT2D eigenvalue weighted by molar-refractivity contribution is 4.60. The summed E-state index contributed by atoms with van der Waals surface area (Å²) in [5, 5.41) is 15.2. The normalized spacial score (nSPS) is 17.8. The van der Waals surface area contributed by atoms with E-state index in [-0.39, 0.29) is 13.2 Å². The first-order valence-corrected chi connectivity index (χ1v) is 4.57. The number of nitrogens with zero attached hydrogens (tertiary/aromatic N) is 1. The molecule has 0 amide bonds. The second-order valence-electron chi connectivity index (χ2n) is 2.69. The van der Waals surface area contributed by atoms with Gasteiger partial charge in [-0.05, 0) is 0 Å². The van der Waals surface area contributed by atoms with Gasteiger partial charge in [-0.1, -0.05) is 0 Å². The van der Waals surface area contributed by atoms with Crippen molar-refractivity contribution in [3.05, 3.63) is 0 Å². The van der Waals surface area contributed by atoms with E-state index in [1.807, 2.05) is 0 Å². The first-order chi connectivity index (χ1) is 6.35. The van der Waals surface area contributed by atoms with E-state index in [4.69, 9.17) is 20.7 Å². The van der Waals surface area contributed by atoms with Gasteiger partial charge in [0.2, 0.25) is 0 Å². The van der Waals surface area contributed by atoms with Gasteiger partial charge >= 0.3 is 0 Å². The summed E-state index contributed by atoms with van der Waals surface area (Å²) in [6.45, 7) is 5.39. The fraction of sp³-hybridized carbons (Fsp3) is 1.00. The van der Waals surface area contributed by atoms with Gasteiger partial charge in [-0.2, -0.15) is 0 Å². The molecule has 1 fully saturated rings. The number of aliphatic hydroxyl groups is 2. The molecule has 0 atom stereocenters. The van der Waals surface area contributed by atoms with Crippen LogP contribution in [0.25, 0.3) is 0 Å². The van der Waals surface area contributed by atoms with Crippen molar-refractivity contribution in [2.45, 2.75) is 0 Å². The van der Waals surface area contributed by atoms with Crippen LogP contribution in [0.4, 0.5) is 0 Å². The van der Waals surface area contributed by atoms with E-state index < -0.39 is 0 Å². The summed E-state index contributed by atoms with van der Waals surface area (Å²) in [6.07, 6.45) is 0. The SMILES string of the molecule is NCCN1CCOCC1.OCCO. The minimum Gasteiger partial charge on any atom is -0.394 e. The van der Waals surface area contributed by atoms with Crippen molar-refractivity contribution >= 4 is 0 Å². The second kappa shape index (κ2) is 9.88. The predicted molar refractivity (Wildman–Crippen MR) is 50.5 cm³/mol. The third kappa shape index (κ3) is 8.14. The number of rotatable bonds is 3. The number of hydrogen-bond donors (Lipinski definition) is 3. The van der Waals surface area contributed by atoms with Crippen molar-refractivity contribution in [3.8, 4) is 0 Å². The van der Waals surface area contributed by atoms with Crippen molar-refractivity contribution < 1.29 is 14.9 Å². The molecular weight excluding hydrogens is 172 g/mol. The van der Waals surface area contributed by atoms with Gasteiger partial charge in [0.25, 0.3) is 0 Å². The fourth-order valence-corrected chi connectivity index (χ4v) is 1.01. The van der Waals surface area contributed by atoms with Crippen LogP contribution in [-0.2, 0) is 4.74 Å². The third-order valence-corrected chi connectivity index (χ3v) is 1.65. The summed E-state index contributed by atoms with van der Waals surface area (Å²) in [7, 11) is 0. The predicted octanol–water partition coefficient (Wildman–Crippen LogP) is -1.75. The summed E-state index contributed by atoms with van der Waals surface area (Å²) in [5.41, 5.74) is 5.38. The molecule has 0 aromatic rings. The summed E-state index contributed by atoms with van der Waals surface area (Å²) >= 11 is 0. The Hall–Kier alpha value is -0.200. The molecule has 13 heavy (non-hydrogen) atoms. The van der Waals surface area contributed by atoms with E-state index >= 15 is 0 Å². The Kier molecular flexibility index (Phi) is 9.73. The van der Waals surface area contributed by atoms with Gasteiger partial charge in [0, 0.05) is 26.2 Å². The molecule has 1 saturated heterocycles. The highest BCUT2D eigenvalue weighted by Crippen LogP contribution is 1.93. The van der Waals surface area contributed by atoms with Gasteiger partial charge in [0.1, 0.15) is 0 Å². The molecule has 0 unspecified atom stereocenters. The molecule has 5 nitrogen and oxygen atoms in total. The molecule has 1 aliphatic rings. The van der Waals surface area contributed by atoms with E-state index in [0.717, 1.165) is 39.4 Å². The van der Waals surface area contributed by atoms with Crippen LogP contribution in [-0.4, -0.2) is 67.7 Å². The molecular formula is C8H20N2O3. The fourth-order valence-electron chi connectivity index (χ4n) is 1.01. The summed E-state index contributed by atoms with van der Waals surface area (Å²) in [5.74, 6) is 0. The molecule has 1 heterocycles. The van der Waals surface area contributed by atoms with Crippen molar-refractivity contribution in [1.29, 1.82) is 0 Å². The van der Waals surface area contributed by atoms with Crippen LogP contribution in [0.15, 0.2) is 0 Å². The van der Waals surface area contributed by atoms with Crippen LogP contribution in [0, 0.1) is 0 Å². The van der Waals surface area contributed by atoms with Crippen LogP contribution >= 0.6 is 0 Å². The van der Waals surface area contributed by atoms with Crippen LogP contribution in [0.5, 0.6) is 0 Å². The van der Waals surface area contributed by atoms with Crippen LogP contribution in [0.1, 0.15) is 0 Å². The number of ether oxygens (including phenoxy) is 1. The first-order valence-electron chi connectivity index (χ1n) is 4.57. The molecule has 80 valence electrons. The lowest BCUT2D eigenvalue weighted by molar-refractivity contribution is 0.0394.